The van der Waals surface area contributed by atoms with Crippen LogP contribution in [0.1, 0.15) is 19.4 Å². The van der Waals surface area contributed by atoms with Crippen molar-refractivity contribution in [3.63, 3.8) is 0 Å². The minimum atomic E-state index is -0.663. The van der Waals surface area contributed by atoms with E-state index in [1.165, 1.54) is 5.56 Å². The number of aliphatic hydroxyl groups is 1. The van der Waals surface area contributed by atoms with Crippen molar-refractivity contribution in [1.29, 1.82) is 0 Å². The monoisotopic (exact) mass is 223 g/mol. The van der Waals surface area contributed by atoms with Crippen LogP contribution in [0.3, 0.4) is 0 Å². The Labute approximate surface area is 97.4 Å². The number of aryl methyl sites for hydroxylation is 1. The second-order valence-corrected chi connectivity index (χ2v) is 4.65. The normalized spacial score (nSPS) is 11.5. The molecule has 2 N–H and O–H groups in total. The Hall–Kier alpha value is -1.06. The van der Waals surface area contributed by atoms with E-state index in [-0.39, 0.29) is 0 Å². The third-order valence-corrected chi connectivity index (χ3v) is 2.09. The second kappa shape index (κ2) is 5.87. The molecular formula is C13H21NO2. The van der Waals surface area contributed by atoms with Gasteiger partial charge in [0.2, 0.25) is 0 Å². The van der Waals surface area contributed by atoms with Gasteiger partial charge < -0.3 is 15.2 Å². The number of nitrogens with one attached hydrogen (secondary N) is 1. The maximum absolute atomic E-state index is 9.47. The molecule has 0 saturated carbocycles. The largest absolute Gasteiger partial charge is 0.492 e. The Morgan fingerprint density at radius 2 is 2.12 bits per heavy atom. The van der Waals surface area contributed by atoms with E-state index in [4.69, 9.17) is 4.74 Å². The van der Waals surface area contributed by atoms with Gasteiger partial charge in [0.15, 0.2) is 0 Å². The molecular weight excluding hydrogens is 202 g/mol. The highest BCUT2D eigenvalue weighted by Crippen LogP contribution is 2.11. The van der Waals surface area contributed by atoms with Crippen LogP contribution in [-0.2, 0) is 0 Å². The fraction of sp³-hybridized carbons (Fsp3) is 0.538. The van der Waals surface area contributed by atoms with E-state index in [1.54, 1.807) is 13.8 Å². The standard InChI is InChI=1S/C13H21NO2/c1-11-5-4-6-12(9-11)16-8-7-14-10-13(2,3)15/h4-6,9,14-15H,7-8,10H2,1-3H3. The van der Waals surface area contributed by atoms with Crippen LogP contribution in [0.2, 0.25) is 0 Å². The molecule has 0 amide bonds. The zero-order valence-corrected chi connectivity index (χ0v) is 10.3. The molecule has 1 rings (SSSR count). The quantitative estimate of drug-likeness (QED) is 0.722. The van der Waals surface area contributed by atoms with Crippen molar-refractivity contribution in [2.75, 3.05) is 19.7 Å². The first kappa shape index (κ1) is 13.0. The molecule has 0 bridgehead atoms. The molecule has 0 radical (unpaired) electrons. The predicted molar refractivity (Wildman–Crippen MR) is 65.8 cm³/mol. The molecule has 1 aromatic rings. The van der Waals surface area contributed by atoms with Crippen LogP contribution < -0.4 is 10.1 Å². The zero-order valence-electron chi connectivity index (χ0n) is 10.3. The van der Waals surface area contributed by atoms with Gasteiger partial charge in [0.25, 0.3) is 0 Å². The fourth-order valence-corrected chi connectivity index (χ4v) is 1.34. The van der Waals surface area contributed by atoms with Crippen molar-refractivity contribution in [2.24, 2.45) is 0 Å². The fourth-order valence-electron chi connectivity index (χ4n) is 1.34. The van der Waals surface area contributed by atoms with Gasteiger partial charge in [0.1, 0.15) is 12.4 Å². The summed E-state index contributed by atoms with van der Waals surface area (Å²) < 4.78 is 5.56. The first-order chi connectivity index (χ1) is 7.47. The van der Waals surface area contributed by atoms with Gasteiger partial charge in [-0.25, -0.2) is 0 Å². The first-order valence-electron chi connectivity index (χ1n) is 5.60. The van der Waals surface area contributed by atoms with Crippen LogP contribution in [0.15, 0.2) is 24.3 Å². The van der Waals surface area contributed by atoms with Gasteiger partial charge in [0, 0.05) is 13.1 Å². The summed E-state index contributed by atoms with van der Waals surface area (Å²) >= 11 is 0. The predicted octanol–water partition coefficient (Wildman–Crippen LogP) is 1.73. The van der Waals surface area contributed by atoms with Crippen molar-refractivity contribution in [3.05, 3.63) is 29.8 Å². The summed E-state index contributed by atoms with van der Waals surface area (Å²) in [5.74, 6) is 0.894. The highest BCUT2D eigenvalue weighted by Gasteiger charge is 2.10. The van der Waals surface area contributed by atoms with Crippen molar-refractivity contribution >= 4 is 0 Å². The van der Waals surface area contributed by atoms with Gasteiger partial charge in [-0.05, 0) is 38.5 Å². The molecule has 90 valence electrons. The van der Waals surface area contributed by atoms with Gasteiger partial charge in [0.05, 0.1) is 5.60 Å². The summed E-state index contributed by atoms with van der Waals surface area (Å²) in [7, 11) is 0. The van der Waals surface area contributed by atoms with E-state index in [9.17, 15) is 5.11 Å². The summed E-state index contributed by atoms with van der Waals surface area (Å²) in [5.41, 5.74) is 0.533. The first-order valence-corrected chi connectivity index (χ1v) is 5.60. The van der Waals surface area contributed by atoms with E-state index in [0.717, 1.165) is 12.3 Å². The van der Waals surface area contributed by atoms with E-state index in [1.807, 2.05) is 31.2 Å². The molecule has 0 unspecified atom stereocenters. The van der Waals surface area contributed by atoms with E-state index in [0.29, 0.717) is 13.2 Å². The summed E-state index contributed by atoms with van der Waals surface area (Å²) in [6, 6.07) is 7.98. The number of rotatable bonds is 6. The summed E-state index contributed by atoms with van der Waals surface area (Å²) in [4.78, 5) is 0. The number of benzene rings is 1. The Morgan fingerprint density at radius 1 is 1.38 bits per heavy atom. The van der Waals surface area contributed by atoms with Crippen molar-refractivity contribution in [2.45, 2.75) is 26.4 Å². The number of hydrogen-bond acceptors (Lipinski definition) is 3. The molecule has 0 aliphatic carbocycles. The Kier molecular flexibility index (Phi) is 4.77. The van der Waals surface area contributed by atoms with Crippen LogP contribution >= 0.6 is 0 Å². The van der Waals surface area contributed by atoms with Crippen molar-refractivity contribution < 1.29 is 9.84 Å². The second-order valence-electron chi connectivity index (χ2n) is 4.65. The van der Waals surface area contributed by atoms with Crippen LogP contribution in [0, 0.1) is 6.92 Å². The molecule has 0 atom stereocenters. The maximum atomic E-state index is 9.47. The highest BCUT2D eigenvalue weighted by atomic mass is 16.5. The van der Waals surface area contributed by atoms with Crippen LogP contribution in [0.5, 0.6) is 5.75 Å². The minimum absolute atomic E-state index is 0.574. The number of ether oxygens (including phenoxy) is 1. The van der Waals surface area contributed by atoms with Crippen molar-refractivity contribution in [1.82, 2.24) is 5.32 Å². The summed E-state index contributed by atoms with van der Waals surface area (Å²) in [6.07, 6.45) is 0. The van der Waals surface area contributed by atoms with E-state index >= 15 is 0 Å². The maximum Gasteiger partial charge on any atom is 0.119 e. The lowest BCUT2D eigenvalue weighted by Gasteiger charge is -2.17. The van der Waals surface area contributed by atoms with Gasteiger partial charge in [-0.2, -0.15) is 0 Å². The Balaban J connectivity index is 2.17. The minimum Gasteiger partial charge on any atom is -0.492 e. The van der Waals surface area contributed by atoms with E-state index in [2.05, 4.69) is 5.32 Å². The molecule has 0 saturated heterocycles. The molecule has 16 heavy (non-hydrogen) atoms. The molecule has 3 nitrogen and oxygen atoms in total. The lowest BCUT2D eigenvalue weighted by atomic mass is 10.1. The van der Waals surface area contributed by atoms with Crippen LogP contribution in [0.4, 0.5) is 0 Å². The van der Waals surface area contributed by atoms with E-state index < -0.39 is 5.60 Å². The topological polar surface area (TPSA) is 41.5 Å². The smallest absolute Gasteiger partial charge is 0.119 e. The molecule has 0 spiro atoms. The Morgan fingerprint density at radius 3 is 2.75 bits per heavy atom. The molecule has 0 aliphatic rings. The SMILES string of the molecule is Cc1cccc(OCCNCC(C)(C)O)c1. The summed E-state index contributed by atoms with van der Waals surface area (Å²) in [6.45, 7) is 7.52. The third-order valence-electron chi connectivity index (χ3n) is 2.09. The molecule has 0 heterocycles. The average molecular weight is 223 g/mol. The average Bonchev–Trinajstić information content (AvgIpc) is 2.15. The molecule has 3 heteroatoms. The Bertz CT molecular complexity index is 318. The van der Waals surface area contributed by atoms with Gasteiger partial charge >= 0.3 is 0 Å². The molecule has 0 aliphatic heterocycles. The zero-order chi connectivity index (χ0) is 12.0. The summed E-state index contributed by atoms with van der Waals surface area (Å²) in [5, 5.41) is 12.6. The molecule has 0 aromatic heterocycles. The van der Waals surface area contributed by atoms with Gasteiger partial charge in [-0.1, -0.05) is 12.1 Å². The van der Waals surface area contributed by atoms with Crippen molar-refractivity contribution in [3.8, 4) is 5.75 Å². The lowest BCUT2D eigenvalue weighted by Crippen LogP contribution is -2.36. The third kappa shape index (κ3) is 5.73. The van der Waals surface area contributed by atoms with Crippen LogP contribution in [-0.4, -0.2) is 30.4 Å². The van der Waals surface area contributed by atoms with Gasteiger partial charge in [-0.3, -0.25) is 0 Å². The highest BCUT2D eigenvalue weighted by molar-refractivity contribution is 5.27. The molecule has 1 aromatic carbocycles. The lowest BCUT2D eigenvalue weighted by molar-refractivity contribution is 0.0789. The molecule has 0 fully saturated rings. The number of hydrogen-bond donors (Lipinski definition) is 2. The van der Waals surface area contributed by atoms with Crippen LogP contribution in [0.25, 0.3) is 0 Å². The van der Waals surface area contributed by atoms with Gasteiger partial charge in [-0.15, -0.1) is 0 Å².